The average Bonchev–Trinajstić information content (AvgIpc) is 3.60. The number of nitrogens with zero attached hydrogens (tertiary/aromatic N) is 1. The summed E-state index contributed by atoms with van der Waals surface area (Å²) >= 11 is 0. The number of fused-ring (bicyclic) bond motifs is 5. The van der Waals surface area contributed by atoms with Crippen LogP contribution < -0.4 is 9.64 Å². The lowest BCUT2D eigenvalue weighted by atomic mass is 9.74. The maximum absolute atomic E-state index is 6.55. The van der Waals surface area contributed by atoms with Crippen LogP contribution in [0.15, 0.2) is 231 Å². The highest BCUT2D eigenvalue weighted by Gasteiger charge is 2.41. The molecule has 1 heterocycles. The van der Waals surface area contributed by atoms with Crippen LogP contribution in [0.5, 0.6) is 11.5 Å². The van der Waals surface area contributed by atoms with E-state index in [-0.39, 0.29) is 5.41 Å². The fourth-order valence-corrected chi connectivity index (χ4v) is 10.1. The Labute approximate surface area is 362 Å². The molecule has 0 N–H and O–H groups in total. The molecule has 12 rings (SSSR count). The highest BCUT2D eigenvalue weighted by Crippen LogP contribution is 2.55. The molecular weight excluding hydrogens is 751 g/mol. The Morgan fingerprint density at radius 3 is 1.68 bits per heavy atom. The highest BCUT2D eigenvalue weighted by molar-refractivity contribution is 6.05. The molecule has 1 aliphatic carbocycles. The minimum Gasteiger partial charge on any atom is -0.456 e. The molecule has 0 saturated heterocycles. The van der Waals surface area contributed by atoms with Crippen molar-refractivity contribution in [2.75, 3.05) is 4.90 Å². The van der Waals surface area contributed by atoms with Crippen molar-refractivity contribution in [2.24, 2.45) is 0 Å². The van der Waals surface area contributed by atoms with Gasteiger partial charge in [-0.25, -0.2) is 0 Å². The lowest BCUT2D eigenvalue weighted by Gasteiger charge is -2.32. The van der Waals surface area contributed by atoms with Gasteiger partial charge in [-0.2, -0.15) is 0 Å². The Morgan fingerprint density at radius 2 is 0.919 bits per heavy atom. The van der Waals surface area contributed by atoms with Crippen molar-refractivity contribution in [1.82, 2.24) is 0 Å². The number of ether oxygens (including phenoxy) is 1. The van der Waals surface area contributed by atoms with Crippen LogP contribution in [0.2, 0.25) is 0 Å². The van der Waals surface area contributed by atoms with E-state index in [0.29, 0.717) is 0 Å². The van der Waals surface area contributed by atoms with Gasteiger partial charge in [0.25, 0.3) is 0 Å². The zero-order chi connectivity index (χ0) is 41.2. The first-order valence-electron chi connectivity index (χ1n) is 21.4. The van der Waals surface area contributed by atoms with Gasteiger partial charge in [-0.05, 0) is 122 Å². The lowest BCUT2D eigenvalue weighted by molar-refractivity contribution is 0.487. The molecule has 1 atom stereocenters. The first-order chi connectivity index (χ1) is 30.6. The molecule has 1 aliphatic heterocycles. The molecule has 62 heavy (non-hydrogen) atoms. The number of anilines is 3. The molecule has 0 radical (unpaired) electrons. The predicted molar refractivity (Wildman–Crippen MR) is 258 cm³/mol. The summed E-state index contributed by atoms with van der Waals surface area (Å²) in [4.78, 5) is 2.44. The maximum Gasteiger partial charge on any atom is 0.135 e. The van der Waals surface area contributed by atoms with E-state index in [1.807, 2.05) is 0 Å². The van der Waals surface area contributed by atoms with E-state index >= 15 is 0 Å². The Bertz CT molecular complexity index is 3310. The van der Waals surface area contributed by atoms with Crippen LogP contribution in [0, 0.1) is 0 Å². The summed E-state index contributed by atoms with van der Waals surface area (Å²) in [6.45, 7) is 2.39. The van der Waals surface area contributed by atoms with Gasteiger partial charge in [0.15, 0.2) is 0 Å². The Kier molecular flexibility index (Phi) is 8.33. The second kappa shape index (κ2) is 14.4. The van der Waals surface area contributed by atoms with Gasteiger partial charge in [-0.1, -0.05) is 182 Å². The zero-order valence-corrected chi connectivity index (χ0v) is 34.3. The van der Waals surface area contributed by atoms with Gasteiger partial charge in [-0.15, -0.1) is 0 Å². The van der Waals surface area contributed by atoms with Crippen molar-refractivity contribution in [1.29, 1.82) is 0 Å². The second-order valence-corrected chi connectivity index (χ2v) is 16.6. The first kappa shape index (κ1) is 36.0. The Balaban J connectivity index is 1.02. The van der Waals surface area contributed by atoms with Crippen LogP contribution in [0.3, 0.4) is 0 Å². The summed E-state index contributed by atoms with van der Waals surface area (Å²) in [5, 5.41) is 2.34. The normalized spacial score (nSPS) is 14.4. The smallest absolute Gasteiger partial charge is 0.135 e. The molecule has 0 fully saturated rings. The minimum atomic E-state index is -0.333. The van der Waals surface area contributed by atoms with Crippen molar-refractivity contribution in [3.8, 4) is 67.1 Å². The molecule has 0 saturated carbocycles. The molecule has 2 heteroatoms. The fraction of sp³-hybridized carbons (Fsp3) is 0.0333. The van der Waals surface area contributed by atoms with E-state index in [9.17, 15) is 0 Å². The van der Waals surface area contributed by atoms with Gasteiger partial charge in [0.05, 0.1) is 5.69 Å². The van der Waals surface area contributed by atoms with Crippen LogP contribution in [0.1, 0.15) is 23.6 Å². The third-order valence-electron chi connectivity index (χ3n) is 13.2. The summed E-state index contributed by atoms with van der Waals surface area (Å²) in [7, 11) is 0. The second-order valence-electron chi connectivity index (χ2n) is 16.6. The molecule has 292 valence electrons. The Morgan fingerprint density at radius 1 is 0.355 bits per heavy atom. The maximum atomic E-state index is 6.55. The van der Waals surface area contributed by atoms with Gasteiger partial charge < -0.3 is 9.64 Å². The molecular formula is C60H41NO. The molecule has 0 spiro atoms. The van der Waals surface area contributed by atoms with E-state index in [1.165, 1.54) is 61.0 Å². The molecule has 2 nitrogen and oxygen atoms in total. The summed E-state index contributed by atoms with van der Waals surface area (Å²) in [5.74, 6) is 1.78. The summed E-state index contributed by atoms with van der Waals surface area (Å²) < 4.78 is 6.55. The predicted octanol–water partition coefficient (Wildman–Crippen LogP) is 16.4. The Hall–Kier alpha value is -7.94. The van der Waals surface area contributed by atoms with Gasteiger partial charge in [-0.3, -0.25) is 0 Å². The summed E-state index contributed by atoms with van der Waals surface area (Å²) in [5.41, 5.74) is 18.8. The van der Waals surface area contributed by atoms with Crippen LogP contribution in [0.25, 0.3) is 66.4 Å². The molecule has 0 amide bonds. The van der Waals surface area contributed by atoms with E-state index in [0.717, 1.165) is 50.6 Å². The van der Waals surface area contributed by atoms with E-state index < -0.39 is 0 Å². The zero-order valence-electron chi connectivity index (χ0n) is 34.3. The molecule has 0 bridgehead atoms. The molecule has 1 unspecified atom stereocenters. The van der Waals surface area contributed by atoms with Gasteiger partial charge >= 0.3 is 0 Å². The number of rotatable bonds is 7. The molecule has 10 aromatic carbocycles. The minimum absolute atomic E-state index is 0.333. The highest BCUT2D eigenvalue weighted by atomic mass is 16.5. The number of benzene rings is 10. The lowest BCUT2D eigenvalue weighted by Crippen LogP contribution is -2.22. The first-order valence-corrected chi connectivity index (χ1v) is 21.4. The number of para-hydroxylation sites is 1. The van der Waals surface area contributed by atoms with Crippen LogP contribution >= 0.6 is 0 Å². The number of hydrogen-bond acceptors (Lipinski definition) is 2. The van der Waals surface area contributed by atoms with Crippen molar-refractivity contribution >= 4 is 27.8 Å². The third-order valence-corrected chi connectivity index (χ3v) is 13.2. The monoisotopic (exact) mass is 791 g/mol. The fourth-order valence-electron chi connectivity index (χ4n) is 10.1. The molecule has 0 aromatic heterocycles. The van der Waals surface area contributed by atoms with Crippen molar-refractivity contribution < 1.29 is 4.74 Å². The van der Waals surface area contributed by atoms with Gasteiger partial charge in [0, 0.05) is 33.3 Å². The average molecular weight is 792 g/mol. The molecule has 10 aromatic rings. The largest absolute Gasteiger partial charge is 0.456 e. The van der Waals surface area contributed by atoms with Crippen LogP contribution in [-0.2, 0) is 5.41 Å². The van der Waals surface area contributed by atoms with E-state index in [1.54, 1.807) is 0 Å². The third kappa shape index (κ3) is 5.72. The van der Waals surface area contributed by atoms with E-state index in [4.69, 9.17) is 4.74 Å². The SMILES string of the molecule is CC1(c2ccccc2)c2ccccc2-c2ccc(N(c3ccc(-c4ccc(-c5ccccc5)cc4)cc3)c3ccccc3-c3ccc4c(c3)-c3cccc5cccc(c35)O4)cc21. The van der Waals surface area contributed by atoms with Crippen molar-refractivity contribution in [2.45, 2.75) is 12.3 Å². The quantitative estimate of drug-likeness (QED) is 0.159. The van der Waals surface area contributed by atoms with Crippen LogP contribution in [0.4, 0.5) is 17.1 Å². The van der Waals surface area contributed by atoms with Gasteiger partial charge in [0.1, 0.15) is 11.5 Å². The van der Waals surface area contributed by atoms with Gasteiger partial charge in [0.2, 0.25) is 0 Å². The van der Waals surface area contributed by atoms with Crippen molar-refractivity contribution in [3.05, 3.63) is 247 Å². The molecule has 2 aliphatic rings. The standard InChI is InChI=1S/C60H41NO/c1-60(46-18-6-3-7-19-46)54-23-10-8-21-50(54)51-36-35-48(39-55(51)60)61(47-33-30-43(31-34-47)42-28-26-41(27-29-42)40-14-4-2-5-15-40)56-24-11-9-20-49(56)45-32-37-57-53(38-45)52-22-12-16-44-17-13-25-58(62-57)59(44)52/h2-39H,1H3. The summed E-state index contributed by atoms with van der Waals surface area (Å²) in [6.07, 6.45) is 0. The summed E-state index contributed by atoms with van der Waals surface area (Å²) in [6, 6.07) is 83.8. The van der Waals surface area contributed by atoms with E-state index in [2.05, 4.69) is 242 Å². The van der Waals surface area contributed by atoms with Crippen molar-refractivity contribution in [3.63, 3.8) is 0 Å². The van der Waals surface area contributed by atoms with Crippen LogP contribution in [-0.4, -0.2) is 0 Å². The topological polar surface area (TPSA) is 12.5 Å². The number of hydrogen-bond donors (Lipinski definition) is 0.